The number of ether oxygens (including phenoxy) is 1. The molecule has 0 unspecified atom stereocenters. The zero-order chi connectivity index (χ0) is 12.8. The molecular formula is C13H16N2O2S. The van der Waals surface area contributed by atoms with Crippen LogP contribution in [0.5, 0.6) is 5.88 Å². The van der Waals surface area contributed by atoms with Crippen molar-refractivity contribution >= 4 is 17.0 Å². The lowest BCUT2D eigenvalue weighted by Crippen LogP contribution is -2.03. The molecule has 18 heavy (non-hydrogen) atoms. The Kier molecular flexibility index (Phi) is 4.55. The van der Waals surface area contributed by atoms with Gasteiger partial charge in [0.15, 0.2) is 0 Å². The average Bonchev–Trinajstić information content (AvgIpc) is 2.81. The van der Waals surface area contributed by atoms with Crippen molar-refractivity contribution in [3.63, 3.8) is 0 Å². The van der Waals surface area contributed by atoms with E-state index in [0.29, 0.717) is 5.88 Å². The largest absolute Gasteiger partial charge is 0.475 e. The summed E-state index contributed by atoms with van der Waals surface area (Å²) in [4.78, 5) is 5.48. The Morgan fingerprint density at radius 2 is 2.28 bits per heavy atom. The van der Waals surface area contributed by atoms with Crippen molar-refractivity contribution in [2.75, 3.05) is 18.5 Å². The Hall–Kier alpha value is -1.59. The molecule has 0 aromatic carbocycles. The normalized spacial score (nSPS) is 10.3. The lowest BCUT2D eigenvalue weighted by Gasteiger charge is -2.07. The van der Waals surface area contributed by atoms with Crippen LogP contribution in [0.1, 0.15) is 10.4 Å². The first kappa shape index (κ1) is 12.9. The summed E-state index contributed by atoms with van der Waals surface area (Å²) >= 11 is 1.75. The van der Waals surface area contributed by atoms with Gasteiger partial charge in [0, 0.05) is 17.5 Å². The first-order chi connectivity index (χ1) is 8.79. The van der Waals surface area contributed by atoms with Crippen molar-refractivity contribution in [3.8, 4) is 5.88 Å². The number of nitrogens with one attached hydrogen (secondary N) is 1. The van der Waals surface area contributed by atoms with Crippen molar-refractivity contribution in [3.05, 3.63) is 40.2 Å². The Bertz CT molecular complexity index is 482. The minimum atomic E-state index is -0.000659. The molecule has 0 aliphatic heterocycles. The van der Waals surface area contributed by atoms with Crippen LogP contribution in [0.25, 0.3) is 0 Å². The van der Waals surface area contributed by atoms with Gasteiger partial charge in [0.05, 0.1) is 18.5 Å². The third kappa shape index (κ3) is 3.45. The van der Waals surface area contributed by atoms with Crippen LogP contribution in [-0.2, 0) is 6.54 Å². The van der Waals surface area contributed by atoms with E-state index >= 15 is 0 Å². The number of aliphatic hydroxyl groups is 1. The van der Waals surface area contributed by atoms with Crippen molar-refractivity contribution in [2.45, 2.75) is 13.5 Å². The predicted octanol–water partition coefficient (Wildman–Crippen LogP) is 2.43. The zero-order valence-electron chi connectivity index (χ0n) is 10.2. The van der Waals surface area contributed by atoms with E-state index < -0.39 is 0 Å². The maximum atomic E-state index is 8.63. The van der Waals surface area contributed by atoms with Gasteiger partial charge in [0.2, 0.25) is 5.88 Å². The minimum absolute atomic E-state index is 0.000659. The molecule has 0 saturated heterocycles. The van der Waals surface area contributed by atoms with Gasteiger partial charge in [0.1, 0.15) is 6.61 Å². The second kappa shape index (κ2) is 6.37. The van der Waals surface area contributed by atoms with Crippen molar-refractivity contribution in [1.29, 1.82) is 0 Å². The highest BCUT2D eigenvalue weighted by Gasteiger charge is 2.00. The molecule has 0 aliphatic rings. The molecule has 4 nitrogen and oxygen atoms in total. The summed E-state index contributed by atoms with van der Waals surface area (Å²) in [5.41, 5.74) is 2.27. The van der Waals surface area contributed by atoms with Crippen LogP contribution in [0.15, 0.2) is 29.8 Å². The van der Waals surface area contributed by atoms with Crippen LogP contribution in [0, 0.1) is 6.92 Å². The summed E-state index contributed by atoms with van der Waals surface area (Å²) in [6, 6.07) is 5.83. The highest BCUT2D eigenvalue weighted by molar-refractivity contribution is 7.10. The number of rotatable bonds is 6. The summed E-state index contributed by atoms with van der Waals surface area (Å²) in [6.07, 6.45) is 1.73. The monoisotopic (exact) mass is 264 g/mol. The molecule has 5 heteroatoms. The fourth-order valence-electron chi connectivity index (χ4n) is 1.49. The third-order valence-electron chi connectivity index (χ3n) is 2.50. The molecule has 0 radical (unpaired) electrons. The van der Waals surface area contributed by atoms with Crippen LogP contribution in [0.3, 0.4) is 0 Å². The van der Waals surface area contributed by atoms with Crippen LogP contribution < -0.4 is 10.1 Å². The lowest BCUT2D eigenvalue weighted by molar-refractivity contribution is 0.196. The molecule has 0 saturated carbocycles. The Morgan fingerprint density at radius 3 is 2.89 bits per heavy atom. The fraction of sp³-hybridized carbons (Fsp3) is 0.308. The molecule has 96 valence electrons. The standard InChI is InChI=1S/C13H16N2O2S/c1-10-4-7-18-12(10)9-14-11-2-3-13(15-8-11)17-6-5-16/h2-4,7-8,14,16H,5-6,9H2,1H3. The molecule has 0 spiro atoms. The SMILES string of the molecule is Cc1ccsc1CNc1ccc(OCCO)nc1. The van der Waals surface area contributed by atoms with Gasteiger partial charge in [-0.2, -0.15) is 0 Å². The third-order valence-corrected chi connectivity index (χ3v) is 3.52. The van der Waals surface area contributed by atoms with Gasteiger partial charge in [-0.05, 0) is 30.0 Å². The zero-order valence-corrected chi connectivity index (χ0v) is 11.0. The first-order valence-corrected chi connectivity index (χ1v) is 6.64. The van der Waals surface area contributed by atoms with Gasteiger partial charge in [0.25, 0.3) is 0 Å². The second-order valence-electron chi connectivity index (χ2n) is 3.84. The maximum absolute atomic E-state index is 8.63. The summed E-state index contributed by atoms with van der Waals surface area (Å²) in [6.45, 7) is 3.19. The molecule has 2 heterocycles. The predicted molar refractivity (Wildman–Crippen MR) is 73.2 cm³/mol. The molecule has 0 bridgehead atoms. The summed E-state index contributed by atoms with van der Waals surface area (Å²) in [7, 11) is 0. The Labute approximate surface area is 110 Å². The van der Waals surface area contributed by atoms with Crippen LogP contribution >= 0.6 is 11.3 Å². The van der Waals surface area contributed by atoms with Crippen LogP contribution in [0.4, 0.5) is 5.69 Å². The van der Waals surface area contributed by atoms with Crippen LogP contribution in [0.2, 0.25) is 0 Å². The number of aliphatic hydroxyl groups excluding tert-OH is 1. The van der Waals surface area contributed by atoms with E-state index in [1.807, 2.05) is 6.07 Å². The van der Waals surface area contributed by atoms with E-state index in [-0.39, 0.29) is 13.2 Å². The van der Waals surface area contributed by atoms with E-state index in [2.05, 4.69) is 28.7 Å². The molecule has 2 aromatic rings. The van der Waals surface area contributed by atoms with E-state index in [9.17, 15) is 0 Å². The van der Waals surface area contributed by atoms with Gasteiger partial charge >= 0.3 is 0 Å². The average molecular weight is 264 g/mol. The molecule has 0 atom stereocenters. The molecule has 0 amide bonds. The van der Waals surface area contributed by atoms with E-state index in [1.165, 1.54) is 10.4 Å². The quantitative estimate of drug-likeness (QED) is 0.841. The van der Waals surface area contributed by atoms with Gasteiger partial charge in [-0.3, -0.25) is 0 Å². The van der Waals surface area contributed by atoms with Gasteiger partial charge in [-0.15, -0.1) is 11.3 Å². The summed E-state index contributed by atoms with van der Waals surface area (Å²) in [5, 5.41) is 14.0. The molecular weight excluding hydrogens is 248 g/mol. The molecule has 2 N–H and O–H groups in total. The van der Waals surface area contributed by atoms with E-state index in [0.717, 1.165) is 12.2 Å². The first-order valence-electron chi connectivity index (χ1n) is 5.76. The molecule has 0 aliphatic carbocycles. The topological polar surface area (TPSA) is 54.4 Å². The number of hydrogen-bond donors (Lipinski definition) is 2. The highest BCUT2D eigenvalue weighted by atomic mass is 32.1. The number of aromatic nitrogens is 1. The summed E-state index contributed by atoms with van der Waals surface area (Å²) < 4.78 is 5.19. The number of nitrogens with zero attached hydrogens (tertiary/aromatic N) is 1. The van der Waals surface area contributed by atoms with Crippen molar-refractivity contribution in [1.82, 2.24) is 4.98 Å². The van der Waals surface area contributed by atoms with Gasteiger partial charge in [-0.1, -0.05) is 0 Å². The summed E-state index contributed by atoms with van der Waals surface area (Å²) in [5.74, 6) is 0.530. The molecule has 0 fully saturated rings. The number of aryl methyl sites for hydroxylation is 1. The van der Waals surface area contributed by atoms with Crippen LogP contribution in [-0.4, -0.2) is 23.3 Å². The van der Waals surface area contributed by atoms with E-state index in [4.69, 9.17) is 9.84 Å². The molecule has 2 aromatic heterocycles. The number of anilines is 1. The Balaban J connectivity index is 1.88. The number of pyridine rings is 1. The van der Waals surface area contributed by atoms with Crippen molar-refractivity contribution in [2.24, 2.45) is 0 Å². The molecule has 2 rings (SSSR count). The lowest BCUT2D eigenvalue weighted by atomic mass is 10.3. The van der Waals surface area contributed by atoms with E-state index in [1.54, 1.807) is 23.6 Å². The van der Waals surface area contributed by atoms with Gasteiger partial charge in [-0.25, -0.2) is 4.98 Å². The number of hydrogen-bond acceptors (Lipinski definition) is 5. The fourth-order valence-corrected chi connectivity index (χ4v) is 2.33. The smallest absolute Gasteiger partial charge is 0.213 e. The van der Waals surface area contributed by atoms with Crippen molar-refractivity contribution < 1.29 is 9.84 Å². The Morgan fingerprint density at radius 1 is 1.39 bits per heavy atom. The minimum Gasteiger partial charge on any atom is -0.475 e. The maximum Gasteiger partial charge on any atom is 0.213 e. The highest BCUT2D eigenvalue weighted by Crippen LogP contribution is 2.18. The number of thiophene rings is 1. The van der Waals surface area contributed by atoms with Gasteiger partial charge < -0.3 is 15.2 Å². The second-order valence-corrected chi connectivity index (χ2v) is 4.84.